The molecule has 0 atom stereocenters. The Morgan fingerprint density at radius 2 is 1.90 bits per heavy atom. The topological polar surface area (TPSA) is 74.8 Å². The Kier molecular flexibility index (Phi) is 6.38. The molecule has 9 heteroatoms. The summed E-state index contributed by atoms with van der Waals surface area (Å²) in [6, 6.07) is 10.3. The standard InChI is InChI=1S/C20H26N6O2S/c1-27-18-12-17(26-13-15-4-2-3-5-16(15)14-26)22-19(23-18)24-20(29)21-6-7-25-8-10-28-11-9-25/h2-5,12H,6-11,13-14H2,1H3,(H2,21,22,23,24,29). The van der Waals surface area contributed by atoms with E-state index in [-0.39, 0.29) is 0 Å². The van der Waals surface area contributed by atoms with Gasteiger partial charge in [-0.3, -0.25) is 4.90 Å². The molecule has 4 rings (SSSR count). The van der Waals surface area contributed by atoms with Gasteiger partial charge in [-0.05, 0) is 23.3 Å². The van der Waals surface area contributed by atoms with Crippen LogP contribution >= 0.6 is 12.2 Å². The van der Waals surface area contributed by atoms with Crippen molar-refractivity contribution >= 4 is 29.1 Å². The SMILES string of the molecule is COc1cc(N2Cc3ccccc3C2)nc(NC(=S)NCCN2CCOCC2)n1. The van der Waals surface area contributed by atoms with Crippen molar-refractivity contribution in [2.45, 2.75) is 13.1 Å². The highest BCUT2D eigenvalue weighted by Gasteiger charge is 2.21. The monoisotopic (exact) mass is 414 g/mol. The molecule has 2 aliphatic rings. The zero-order valence-corrected chi connectivity index (χ0v) is 17.4. The molecule has 2 N–H and O–H groups in total. The van der Waals surface area contributed by atoms with E-state index in [4.69, 9.17) is 21.7 Å². The first kappa shape index (κ1) is 19.8. The number of hydrogen-bond acceptors (Lipinski definition) is 7. The molecule has 0 bridgehead atoms. The van der Waals surface area contributed by atoms with E-state index in [9.17, 15) is 0 Å². The number of ether oxygens (including phenoxy) is 2. The molecule has 2 aromatic rings. The predicted octanol–water partition coefficient (Wildman–Crippen LogP) is 1.62. The molecule has 0 unspecified atom stereocenters. The number of nitrogens with zero attached hydrogens (tertiary/aromatic N) is 4. The number of hydrogen-bond donors (Lipinski definition) is 2. The summed E-state index contributed by atoms with van der Waals surface area (Å²) in [4.78, 5) is 13.6. The number of fused-ring (bicyclic) bond motifs is 1. The molecule has 1 aromatic heterocycles. The van der Waals surface area contributed by atoms with E-state index in [1.807, 2.05) is 6.07 Å². The number of morpholine rings is 1. The minimum atomic E-state index is 0.430. The highest BCUT2D eigenvalue weighted by atomic mass is 32.1. The van der Waals surface area contributed by atoms with Gasteiger partial charge < -0.3 is 25.0 Å². The zero-order valence-electron chi connectivity index (χ0n) is 16.6. The van der Waals surface area contributed by atoms with Crippen molar-refractivity contribution in [3.8, 4) is 5.88 Å². The molecule has 0 aliphatic carbocycles. The Morgan fingerprint density at radius 3 is 2.59 bits per heavy atom. The molecule has 29 heavy (non-hydrogen) atoms. The van der Waals surface area contributed by atoms with E-state index in [0.717, 1.165) is 58.3 Å². The fraction of sp³-hybridized carbons (Fsp3) is 0.450. The van der Waals surface area contributed by atoms with Crippen molar-refractivity contribution in [3.63, 3.8) is 0 Å². The molecule has 1 fully saturated rings. The van der Waals surface area contributed by atoms with Crippen LogP contribution < -0.4 is 20.3 Å². The molecule has 3 heterocycles. The molecule has 154 valence electrons. The largest absolute Gasteiger partial charge is 0.481 e. The van der Waals surface area contributed by atoms with Crippen LogP contribution in [0.3, 0.4) is 0 Å². The molecule has 0 radical (unpaired) electrons. The molecule has 1 saturated heterocycles. The van der Waals surface area contributed by atoms with Crippen molar-refractivity contribution in [1.82, 2.24) is 20.2 Å². The number of benzene rings is 1. The van der Waals surface area contributed by atoms with E-state index in [0.29, 0.717) is 16.9 Å². The molecule has 8 nitrogen and oxygen atoms in total. The first-order valence-electron chi connectivity index (χ1n) is 9.81. The van der Waals surface area contributed by atoms with E-state index in [1.54, 1.807) is 7.11 Å². The first-order valence-corrected chi connectivity index (χ1v) is 10.2. The quantitative estimate of drug-likeness (QED) is 0.686. The number of methoxy groups -OCH3 is 1. The smallest absolute Gasteiger partial charge is 0.234 e. The summed E-state index contributed by atoms with van der Waals surface area (Å²) in [7, 11) is 1.60. The van der Waals surface area contributed by atoms with Gasteiger partial charge in [0.2, 0.25) is 11.8 Å². The van der Waals surface area contributed by atoms with Crippen LogP contribution in [0.1, 0.15) is 11.1 Å². The highest BCUT2D eigenvalue weighted by Crippen LogP contribution is 2.29. The van der Waals surface area contributed by atoms with Gasteiger partial charge in [0.1, 0.15) is 5.82 Å². The summed E-state index contributed by atoms with van der Waals surface area (Å²) in [6.07, 6.45) is 0. The second-order valence-corrected chi connectivity index (χ2v) is 7.46. The van der Waals surface area contributed by atoms with E-state index >= 15 is 0 Å². The Bertz CT molecular complexity index is 834. The van der Waals surface area contributed by atoms with Gasteiger partial charge in [0.15, 0.2) is 5.11 Å². The third kappa shape index (κ3) is 5.11. The normalized spacial score (nSPS) is 16.4. The zero-order chi connectivity index (χ0) is 20.1. The third-order valence-corrected chi connectivity index (χ3v) is 5.35. The summed E-state index contributed by atoms with van der Waals surface area (Å²) in [5.74, 6) is 1.75. The lowest BCUT2D eigenvalue weighted by atomic mass is 10.1. The van der Waals surface area contributed by atoms with Crippen LogP contribution in [-0.2, 0) is 17.8 Å². The summed E-state index contributed by atoms with van der Waals surface area (Å²) in [5.41, 5.74) is 2.64. The van der Waals surface area contributed by atoms with Crippen LogP contribution in [0.5, 0.6) is 5.88 Å². The summed E-state index contributed by atoms with van der Waals surface area (Å²) < 4.78 is 10.7. The Labute approximate surface area is 176 Å². The van der Waals surface area contributed by atoms with Crippen molar-refractivity contribution in [2.75, 3.05) is 56.7 Å². The maximum absolute atomic E-state index is 5.42. The average Bonchev–Trinajstić information content (AvgIpc) is 3.18. The maximum Gasteiger partial charge on any atom is 0.234 e. The minimum Gasteiger partial charge on any atom is -0.481 e. The van der Waals surface area contributed by atoms with Crippen molar-refractivity contribution in [1.29, 1.82) is 0 Å². The lowest BCUT2D eigenvalue weighted by molar-refractivity contribution is 0.0389. The molecule has 0 saturated carbocycles. The maximum atomic E-state index is 5.42. The predicted molar refractivity (Wildman–Crippen MR) is 116 cm³/mol. The Hall–Kier alpha value is -2.49. The Morgan fingerprint density at radius 1 is 1.17 bits per heavy atom. The second kappa shape index (κ2) is 9.34. The van der Waals surface area contributed by atoms with Gasteiger partial charge in [-0.25, -0.2) is 0 Å². The molecule has 0 spiro atoms. The van der Waals surface area contributed by atoms with Gasteiger partial charge in [-0.15, -0.1) is 0 Å². The number of anilines is 2. The fourth-order valence-corrected chi connectivity index (χ4v) is 3.72. The molecule has 1 aromatic carbocycles. The number of thiocarbonyl (C=S) groups is 1. The van der Waals surface area contributed by atoms with Gasteiger partial charge in [0.25, 0.3) is 0 Å². The first-order chi connectivity index (χ1) is 14.2. The van der Waals surface area contributed by atoms with Crippen LogP contribution in [0.2, 0.25) is 0 Å². The lowest BCUT2D eigenvalue weighted by Gasteiger charge is -2.26. The summed E-state index contributed by atoms with van der Waals surface area (Å²) >= 11 is 5.42. The van der Waals surface area contributed by atoms with Crippen LogP contribution in [0.15, 0.2) is 30.3 Å². The summed E-state index contributed by atoms with van der Waals surface area (Å²) in [5, 5.41) is 6.81. The van der Waals surface area contributed by atoms with Gasteiger partial charge in [0.05, 0.1) is 20.3 Å². The van der Waals surface area contributed by atoms with Crippen molar-refractivity contribution < 1.29 is 9.47 Å². The third-order valence-electron chi connectivity index (χ3n) is 5.11. The van der Waals surface area contributed by atoms with Gasteiger partial charge in [-0.1, -0.05) is 24.3 Å². The minimum absolute atomic E-state index is 0.430. The van der Waals surface area contributed by atoms with Crippen LogP contribution in [-0.4, -0.2) is 66.5 Å². The van der Waals surface area contributed by atoms with Crippen LogP contribution in [0.4, 0.5) is 11.8 Å². The number of rotatable bonds is 6. The van der Waals surface area contributed by atoms with Crippen LogP contribution in [0, 0.1) is 0 Å². The van der Waals surface area contributed by atoms with Crippen molar-refractivity contribution in [3.05, 3.63) is 41.5 Å². The van der Waals surface area contributed by atoms with Gasteiger partial charge in [-0.2, -0.15) is 9.97 Å². The van der Waals surface area contributed by atoms with Crippen LogP contribution in [0.25, 0.3) is 0 Å². The summed E-state index contributed by atoms with van der Waals surface area (Å²) in [6.45, 7) is 6.82. The van der Waals surface area contributed by atoms with Crippen molar-refractivity contribution in [2.24, 2.45) is 0 Å². The highest BCUT2D eigenvalue weighted by molar-refractivity contribution is 7.80. The number of nitrogens with one attached hydrogen (secondary N) is 2. The molecular formula is C20H26N6O2S. The Balaban J connectivity index is 1.36. The van der Waals surface area contributed by atoms with E-state index in [1.165, 1.54) is 11.1 Å². The van der Waals surface area contributed by atoms with E-state index < -0.39 is 0 Å². The average molecular weight is 415 g/mol. The molecule has 0 amide bonds. The fourth-order valence-electron chi connectivity index (χ4n) is 3.53. The second-order valence-electron chi connectivity index (χ2n) is 7.05. The van der Waals surface area contributed by atoms with Gasteiger partial charge >= 0.3 is 0 Å². The molecular weight excluding hydrogens is 388 g/mol. The van der Waals surface area contributed by atoms with E-state index in [2.05, 4.69) is 54.7 Å². The van der Waals surface area contributed by atoms with Gasteiger partial charge in [0, 0.05) is 45.3 Å². The number of aromatic nitrogens is 2. The molecule has 2 aliphatic heterocycles. The lowest BCUT2D eigenvalue weighted by Crippen LogP contribution is -2.42.